The number of sulfonamides is 1. The van der Waals surface area contributed by atoms with Gasteiger partial charge in [-0.1, -0.05) is 0 Å². The maximum atomic E-state index is 13.0. The quantitative estimate of drug-likeness (QED) is 0.874. The van der Waals surface area contributed by atoms with Crippen molar-refractivity contribution < 1.29 is 12.9 Å². The highest BCUT2D eigenvalue weighted by Gasteiger charge is 2.35. The van der Waals surface area contributed by atoms with Crippen LogP contribution >= 0.6 is 0 Å². The third-order valence-electron chi connectivity index (χ3n) is 4.22. The number of hydrogen-bond donors (Lipinski definition) is 1. The van der Waals surface area contributed by atoms with Crippen LogP contribution in [0.3, 0.4) is 0 Å². The van der Waals surface area contributed by atoms with Crippen LogP contribution in [0.25, 0.3) is 0 Å². The summed E-state index contributed by atoms with van der Waals surface area (Å²) in [6.07, 6.45) is 1.57. The molecule has 24 heavy (non-hydrogen) atoms. The minimum Gasteiger partial charge on any atom is -0.344 e. The Morgan fingerprint density at radius 2 is 2.08 bits per heavy atom. The highest BCUT2D eigenvalue weighted by molar-refractivity contribution is 7.89. The molecule has 1 N–H and O–H groups in total. The molecule has 3 heterocycles. The van der Waals surface area contributed by atoms with E-state index in [1.807, 2.05) is 14.1 Å². The number of piperidine rings is 1. The fraction of sp³-hybridized carbons (Fsp3) is 0.643. The van der Waals surface area contributed by atoms with Crippen LogP contribution in [0.4, 0.5) is 5.95 Å². The Hall–Kier alpha value is -1.94. The Kier molecular flexibility index (Phi) is 4.35. The largest absolute Gasteiger partial charge is 0.344 e. The molecule has 0 aliphatic carbocycles. The van der Waals surface area contributed by atoms with Gasteiger partial charge in [-0.05, 0) is 31.8 Å². The molecule has 2 aromatic rings. The van der Waals surface area contributed by atoms with Gasteiger partial charge < -0.3 is 9.42 Å². The number of aryl methyl sites for hydroxylation is 2. The Morgan fingerprint density at radius 1 is 1.33 bits per heavy atom. The minimum absolute atomic E-state index is 0.0951. The van der Waals surface area contributed by atoms with Gasteiger partial charge in [-0.3, -0.25) is 5.10 Å². The van der Waals surface area contributed by atoms with Crippen molar-refractivity contribution in [1.29, 1.82) is 0 Å². The third-order valence-corrected chi connectivity index (χ3v) is 6.35. The molecule has 1 aliphatic rings. The lowest BCUT2D eigenvalue weighted by molar-refractivity contribution is 0.265. The molecule has 0 aromatic carbocycles. The van der Waals surface area contributed by atoms with E-state index in [1.165, 1.54) is 4.31 Å². The van der Waals surface area contributed by atoms with Gasteiger partial charge in [0.15, 0.2) is 0 Å². The number of nitrogens with one attached hydrogen (secondary N) is 1. The van der Waals surface area contributed by atoms with Gasteiger partial charge in [-0.25, -0.2) is 8.42 Å². The van der Waals surface area contributed by atoms with E-state index in [-0.39, 0.29) is 10.8 Å². The fourth-order valence-electron chi connectivity index (χ4n) is 2.99. The van der Waals surface area contributed by atoms with Crippen molar-refractivity contribution in [1.82, 2.24) is 24.6 Å². The zero-order chi connectivity index (χ0) is 17.5. The molecule has 2 aromatic heterocycles. The van der Waals surface area contributed by atoms with Crippen LogP contribution in [0, 0.1) is 13.8 Å². The van der Waals surface area contributed by atoms with Gasteiger partial charge in [0.1, 0.15) is 4.90 Å². The molecule has 1 unspecified atom stereocenters. The lowest BCUT2D eigenvalue weighted by atomic mass is 10.00. The molecule has 0 amide bonds. The lowest BCUT2D eigenvalue weighted by Gasteiger charge is -2.30. The highest BCUT2D eigenvalue weighted by Crippen LogP contribution is 2.31. The minimum atomic E-state index is -3.59. The average Bonchev–Trinajstić information content (AvgIpc) is 3.15. The smallest absolute Gasteiger partial charge is 0.265 e. The molecule has 0 spiro atoms. The molecule has 1 saturated heterocycles. The SMILES string of the molecule is Cc1n[nH]c(C)c1S(=O)(=O)N1CCCC(c2nc(N(C)C)no2)C1. The summed E-state index contributed by atoms with van der Waals surface area (Å²) >= 11 is 0. The molecular weight excluding hydrogens is 332 g/mol. The van der Waals surface area contributed by atoms with Crippen molar-refractivity contribution in [2.45, 2.75) is 37.5 Å². The first kappa shape index (κ1) is 16.9. The van der Waals surface area contributed by atoms with Gasteiger partial charge in [0, 0.05) is 27.2 Å². The summed E-state index contributed by atoms with van der Waals surface area (Å²) in [5.74, 6) is 0.882. The number of rotatable bonds is 4. The molecule has 1 aliphatic heterocycles. The second kappa shape index (κ2) is 6.17. The Morgan fingerprint density at radius 3 is 2.67 bits per heavy atom. The van der Waals surface area contributed by atoms with E-state index in [4.69, 9.17) is 4.52 Å². The van der Waals surface area contributed by atoms with Crippen molar-refractivity contribution in [2.75, 3.05) is 32.1 Å². The summed E-state index contributed by atoms with van der Waals surface area (Å²) in [4.78, 5) is 6.37. The summed E-state index contributed by atoms with van der Waals surface area (Å²) in [5, 5.41) is 10.7. The van der Waals surface area contributed by atoms with Crippen molar-refractivity contribution >= 4 is 16.0 Å². The summed E-state index contributed by atoms with van der Waals surface area (Å²) in [7, 11) is 0.0690. The Balaban J connectivity index is 1.85. The van der Waals surface area contributed by atoms with Crippen LogP contribution in [0.1, 0.15) is 36.0 Å². The molecule has 0 saturated carbocycles. The first-order chi connectivity index (χ1) is 11.3. The van der Waals surface area contributed by atoms with E-state index in [9.17, 15) is 8.42 Å². The molecule has 1 fully saturated rings. The monoisotopic (exact) mass is 354 g/mol. The molecule has 10 heteroatoms. The number of hydrogen-bond acceptors (Lipinski definition) is 7. The number of nitrogens with zero attached hydrogens (tertiary/aromatic N) is 5. The zero-order valence-corrected chi connectivity index (χ0v) is 15.1. The molecule has 0 radical (unpaired) electrons. The number of anilines is 1. The number of aromatic nitrogens is 4. The maximum Gasteiger partial charge on any atom is 0.265 e. The van der Waals surface area contributed by atoms with Gasteiger partial charge in [-0.15, -0.1) is 0 Å². The van der Waals surface area contributed by atoms with Crippen molar-refractivity contribution in [3.05, 3.63) is 17.3 Å². The van der Waals surface area contributed by atoms with Gasteiger partial charge >= 0.3 is 0 Å². The van der Waals surface area contributed by atoms with Crippen molar-refractivity contribution in [3.8, 4) is 0 Å². The molecule has 1 atom stereocenters. The van der Waals surface area contributed by atoms with E-state index in [0.717, 1.165) is 12.8 Å². The molecule has 0 bridgehead atoms. The van der Waals surface area contributed by atoms with Crippen LogP contribution in [0.2, 0.25) is 0 Å². The molecular formula is C14H22N6O3S. The number of aromatic amines is 1. The van der Waals surface area contributed by atoms with Gasteiger partial charge in [0.05, 0.1) is 17.3 Å². The normalized spacial score (nSPS) is 19.6. The zero-order valence-electron chi connectivity index (χ0n) is 14.3. The van der Waals surface area contributed by atoms with Crippen LogP contribution in [-0.4, -0.2) is 60.2 Å². The van der Waals surface area contributed by atoms with Crippen molar-refractivity contribution in [2.24, 2.45) is 0 Å². The first-order valence-corrected chi connectivity index (χ1v) is 9.27. The van der Waals surface area contributed by atoms with E-state index in [2.05, 4.69) is 20.3 Å². The molecule has 9 nitrogen and oxygen atoms in total. The predicted octanol–water partition coefficient (Wildman–Crippen LogP) is 1.04. The predicted molar refractivity (Wildman–Crippen MR) is 87.4 cm³/mol. The standard InChI is InChI=1S/C14H22N6O3S/c1-9-12(10(2)17-16-9)24(21,22)20-7-5-6-11(8-20)13-15-14(18-23-13)19(3)4/h11H,5-8H2,1-4H3,(H,16,17). The van der Waals surface area contributed by atoms with Crippen LogP contribution in [-0.2, 0) is 10.0 Å². The third kappa shape index (κ3) is 2.91. The average molecular weight is 354 g/mol. The van der Waals surface area contributed by atoms with E-state index in [0.29, 0.717) is 36.3 Å². The van der Waals surface area contributed by atoms with Crippen LogP contribution < -0.4 is 4.90 Å². The topological polar surface area (TPSA) is 108 Å². The summed E-state index contributed by atoms with van der Waals surface area (Å²) in [5.41, 5.74) is 1.05. The van der Waals surface area contributed by atoms with E-state index < -0.39 is 10.0 Å². The molecule has 132 valence electrons. The Bertz CT molecular complexity index is 806. The van der Waals surface area contributed by atoms with E-state index in [1.54, 1.807) is 18.7 Å². The summed E-state index contributed by atoms with van der Waals surface area (Å²) in [6, 6.07) is 0. The first-order valence-electron chi connectivity index (χ1n) is 7.83. The second-order valence-corrected chi connectivity index (χ2v) is 8.17. The number of H-pyrrole nitrogens is 1. The molecule has 3 rings (SSSR count). The van der Waals surface area contributed by atoms with Gasteiger partial charge in [0.25, 0.3) is 5.95 Å². The van der Waals surface area contributed by atoms with Crippen molar-refractivity contribution in [3.63, 3.8) is 0 Å². The lowest BCUT2D eigenvalue weighted by Crippen LogP contribution is -2.39. The van der Waals surface area contributed by atoms with Gasteiger partial charge in [0.2, 0.25) is 15.9 Å². The van der Waals surface area contributed by atoms with Crippen LogP contribution in [0.5, 0.6) is 0 Å². The van der Waals surface area contributed by atoms with Crippen LogP contribution in [0.15, 0.2) is 9.42 Å². The highest BCUT2D eigenvalue weighted by atomic mass is 32.2. The van der Waals surface area contributed by atoms with E-state index >= 15 is 0 Å². The second-order valence-electron chi connectivity index (χ2n) is 6.29. The summed E-state index contributed by atoms with van der Waals surface area (Å²) in [6.45, 7) is 4.23. The fourth-order valence-corrected chi connectivity index (χ4v) is 4.84. The Labute approximate surface area is 141 Å². The van der Waals surface area contributed by atoms with Gasteiger partial charge in [-0.2, -0.15) is 14.4 Å². The maximum absolute atomic E-state index is 13.0. The summed E-state index contributed by atoms with van der Waals surface area (Å²) < 4.78 is 32.8.